The number of amides is 4. The first-order valence-corrected chi connectivity index (χ1v) is 20.5. The molecule has 4 atom stereocenters. The number of benzene rings is 4. The molecule has 57 heavy (non-hydrogen) atoms. The zero-order chi connectivity index (χ0) is 40.5. The van der Waals surface area contributed by atoms with Crippen LogP contribution in [0, 0.1) is 0 Å². The lowest BCUT2D eigenvalue weighted by Gasteiger charge is -2.40. The third-order valence-corrected chi connectivity index (χ3v) is 11.0. The maximum atomic E-state index is 13.0. The van der Waals surface area contributed by atoms with Gasteiger partial charge in [-0.25, -0.2) is 0 Å². The highest BCUT2D eigenvalue weighted by Gasteiger charge is 2.34. The van der Waals surface area contributed by atoms with Gasteiger partial charge in [-0.2, -0.15) is 0 Å². The maximum Gasteiger partial charge on any atom is 0.226 e. The van der Waals surface area contributed by atoms with E-state index in [-0.39, 0.29) is 60.6 Å². The number of para-hydroxylation sites is 1. The van der Waals surface area contributed by atoms with Crippen LogP contribution in [-0.4, -0.2) is 42.3 Å². The highest BCUT2D eigenvalue weighted by molar-refractivity contribution is 5.96. The lowest BCUT2D eigenvalue weighted by Crippen LogP contribution is -2.44. The summed E-state index contributed by atoms with van der Waals surface area (Å²) in [6.07, 6.45) is 5.09. The lowest BCUT2D eigenvalue weighted by atomic mass is 9.89. The molecule has 2 heterocycles. The van der Waals surface area contributed by atoms with E-state index < -0.39 is 0 Å². The van der Waals surface area contributed by atoms with Gasteiger partial charge in [-0.15, -0.1) is 0 Å². The Morgan fingerprint density at radius 2 is 1.09 bits per heavy atom. The predicted octanol–water partition coefficient (Wildman–Crippen LogP) is 8.70. The van der Waals surface area contributed by atoms with E-state index in [1.54, 1.807) is 0 Å². The van der Waals surface area contributed by atoms with E-state index in [0.29, 0.717) is 37.2 Å². The molecule has 2 aliphatic heterocycles. The van der Waals surface area contributed by atoms with Crippen molar-refractivity contribution in [2.45, 2.75) is 110 Å². The summed E-state index contributed by atoms with van der Waals surface area (Å²) in [4.78, 5) is 55.0. The second-order valence-corrected chi connectivity index (χ2v) is 15.2. The summed E-state index contributed by atoms with van der Waals surface area (Å²) >= 11 is 0. The summed E-state index contributed by atoms with van der Waals surface area (Å²) in [6.45, 7) is 8.60. The zero-order valence-corrected chi connectivity index (χ0v) is 33.6. The Bertz CT molecular complexity index is 2030. The number of hydrogen-bond donors (Lipinski definition) is 5. The molecular weight excluding hydrogens is 715 g/mol. The normalized spacial score (nSPS) is 18.5. The van der Waals surface area contributed by atoms with Crippen molar-refractivity contribution in [2.75, 3.05) is 37.6 Å². The molecule has 0 bridgehead atoms. The summed E-state index contributed by atoms with van der Waals surface area (Å²) in [5, 5.41) is 13.2. The van der Waals surface area contributed by atoms with Crippen LogP contribution in [0.1, 0.15) is 108 Å². The molecule has 0 radical (unpaired) electrons. The van der Waals surface area contributed by atoms with E-state index >= 15 is 0 Å². The van der Waals surface area contributed by atoms with Crippen molar-refractivity contribution >= 4 is 57.8 Å². The number of carbonyl (C=O) groups is 4. The van der Waals surface area contributed by atoms with Crippen molar-refractivity contribution in [1.82, 2.24) is 0 Å². The molecule has 0 aromatic heterocycles. The van der Waals surface area contributed by atoms with Crippen LogP contribution in [0.4, 0.5) is 34.1 Å². The van der Waals surface area contributed by atoms with E-state index in [9.17, 15) is 19.2 Å². The highest BCUT2D eigenvalue weighted by Crippen LogP contribution is 2.41. The molecule has 4 aromatic rings. The van der Waals surface area contributed by atoms with Gasteiger partial charge in [0.05, 0.1) is 12.1 Å². The summed E-state index contributed by atoms with van der Waals surface area (Å²) in [5.41, 5.74) is 14.3. The lowest BCUT2D eigenvalue weighted by molar-refractivity contribution is -0.119. The average molecular weight is 772 g/mol. The van der Waals surface area contributed by atoms with Crippen molar-refractivity contribution < 1.29 is 19.2 Å². The fraction of sp³-hybridized carbons (Fsp3) is 0.391. The maximum absolute atomic E-state index is 13.0. The third-order valence-electron chi connectivity index (χ3n) is 11.0. The van der Waals surface area contributed by atoms with Crippen LogP contribution >= 0.6 is 0 Å². The van der Waals surface area contributed by atoms with Gasteiger partial charge >= 0.3 is 0 Å². The van der Waals surface area contributed by atoms with Crippen molar-refractivity contribution in [3.63, 3.8) is 0 Å². The number of fused-ring (bicyclic) bond motifs is 2. The Morgan fingerprint density at radius 3 is 1.60 bits per heavy atom. The SMILES string of the molecule is CCC(=O)N1c2ccccc2[C@H](Nc2ccc(NC(=O)CCCC(=O)Nc3ccc(N[C@@H]4C[C@H](C)N(C(=O)CC)c5cc(CCCN)ccc54)cc3)cc2)C[C@@H]1C. The largest absolute Gasteiger partial charge is 0.378 e. The Kier molecular flexibility index (Phi) is 13.6. The number of nitrogens with zero attached hydrogens (tertiary/aromatic N) is 2. The van der Waals surface area contributed by atoms with Gasteiger partial charge in [-0.3, -0.25) is 19.2 Å². The molecule has 4 aromatic carbocycles. The van der Waals surface area contributed by atoms with Gasteiger partial charge in [0.25, 0.3) is 0 Å². The van der Waals surface area contributed by atoms with E-state index in [1.807, 2.05) is 90.4 Å². The number of nitrogens with one attached hydrogen (secondary N) is 4. The second-order valence-electron chi connectivity index (χ2n) is 15.2. The zero-order valence-electron chi connectivity index (χ0n) is 33.6. The van der Waals surface area contributed by atoms with Crippen LogP contribution < -0.4 is 36.8 Å². The van der Waals surface area contributed by atoms with E-state index in [2.05, 4.69) is 59.4 Å². The van der Waals surface area contributed by atoms with Crippen molar-refractivity contribution in [2.24, 2.45) is 5.73 Å². The minimum atomic E-state index is -0.152. The fourth-order valence-electron chi connectivity index (χ4n) is 8.11. The third kappa shape index (κ3) is 10.0. The molecule has 0 fully saturated rings. The molecular formula is C46H57N7O4. The van der Waals surface area contributed by atoms with Gasteiger partial charge in [0, 0.05) is 71.9 Å². The van der Waals surface area contributed by atoms with Crippen LogP contribution in [0.15, 0.2) is 91.0 Å². The van der Waals surface area contributed by atoms with Gasteiger partial charge in [0.2, 0.25) is 23.6 Å². The summed E-state index contributed by atoms with van der Waals surface area (Å²) in [7, 11) is 0. The Balaban J connectivity index is 0.959. The van der Waals surface area contributed by atoms with Crippen LogP contribution in [-0.2, 0) is 25.6 Å². The van der Waals surface area contributed by atoms with Crippen molar-refractivity contribution in [3.05, 3.63) is 108 Å². The Hall–Kier alpha value is -5.68. The van der Waals surface area contributed by atoms with Gasteiger partial charge in [-0.1, -0.05) is 44.2 Å². The molecule has 4 amide bonds. The molecule has 0 spiro atoms. The minimum absolute atomic E-state index is 0.0235. The number of aryl methyl sites for hydroxylation is 1. The first kappa shape index (κ1) is 41.0. The minimum Gasteiger partial charge on any atom is -0.378 e. The first-order chi connectivity index (χ1) is 27.6. The van der Waals surface area contributed by atoms with E-state index in [1.165, 1.54) is 5.56 Å². The van der Waals surface area contributed by atoms with Gasteiger partial charge < -0.3 is 36.8 Å². The quantitative estimate of drug-likeness (QED) is 0.0812. The van der Waals surface area contributed by atoms with Crippen LogP contribution in [0.25, 0.3) is 0 Å². The van der Waals surface area contributed by atoms with Crippen molar-refractivity contribution in [1.29, 1.82) is 0 Å². The average Bonchev–Trinajstić information content (AvgIpc) is 3.21. The Morgan fingerprint density at radius 1 is 0.614 bits per heavy atom. The van der Waals surface area contributed by atoms with Crippen LogP contribution in [0.5, 0.6) is 0 Å². The van der Waals surface area contributed by atoms with Crippen LogP contribution in [0.2, 0.25) is 0 Å². The highest BCUT2D eigenvalue weighted by atomic mass is 16.2. The molecule has 11 nitrogen and oxygen atoms in total. The number of carbonyl (C=O) groups excluding carboxylic acids is 4. The number of rotatable bonds is 15. The summed E-state index contributed by atoms with van der Waals surface area (Å²) < 4.78 is 0. The summed E-state index contributed by atoms with van der Waals surface area (Å²) in [5.74, 6) is -0.0587. The van der Waals surface area contributed by atoms with E-state index in [0.717, 1.165) is 59.6 Å². The van der Waals surface area contributed by atoms with Gasteiger partial charge in [-0.05, 0) is 130 Å². The molecule has 2 aliphatic rings. The van der Waals surface area contributed by atoms with Gasteiger partial charge in [0.1, 0.15) is 0 Å². The van der Waals surface area contributed by atoms with Gasteiger partial charge in [0.15, 0.2) is 0 Å². The van der Waals surface area contributed by atoms with Crippen LogP contribution in [0.3, 0.4) is 0 Å². The van der Waals surface area contributed by atoms with E-state index in [4.69, 9.17) is 5.73 Å². The smallest absolute Gasteiger partial charge is 0.226 e. The first-order valence-electron chi connectivity index (χ1n) is 20.5. The molecule has 6 rings (SSSR count). The van der Waals surface area contributed by atoms with Crippen molar-refractivity contribution in [3.8, 4) is 0 Å². The molecule has 11 heteroatoms. The molecule has 0 unspecified atom stereocenters. The number of anilines is 6. The monoisotopic (exact) mass is 771 g/mol. The molecule has 300 valence electrons. The fourth-order valence-corrected chi connectivity index (χ4v) is 8.11. The molecule has 0 saturated carbocycles. The predicted molar refractivity (Wildman–Crippen MR) is 231 cm³/mol. The number of hydrogen-bond acceptors (Lipinski definition) is 7. The Labute approximate surface area is 336 Å². The molecule has 0 aliphatic carbocycles. The second kappa shape index (κ2) is 19.0. The molecule has 6 N–H and O–H groups in total. The molecule has 0 saturated heterocycles. The standard InChI is InChI=1S/C46H57N7O4/c1-5-45(56)52-30(3)27-39(37-12-7-8-13-41(37)52)48-33-17-21-35(22-18-33)50-43(54)14-9-15-44(55)51-36-23-19-34(20-24-36)49-40-28-31(4)53(46(57)6-2)42-29-32(11-10-26-47)16-25-38(40)42/h7-8,12-13,16-25,29-31,39-40,48-49H,5-6,9-11,14-15,26-28,47H2,1-4H3,(H,50,54)(H,51,55)/t30-,31-,39+,40+/m0/s1. The topological polar surface area (TPSA) is 149 Å². The summed E-state index contributed by atoms with van der Waals surface area (Å²) in [6, 6.07) is 29.9. The number of nitrogens with two attached hydrogens (primary N) is 1.